The molecule has 8 nitrogen and oxygen atoms in total. The van der Waals surface area contributed by atoms with Crippen LogP contribution in [0.1, 0.15) is 94.1 Å². The third-order valence-electron chi connectivity index (χ3n) is 7.02. The van der Waals surface area contributed by atoms with Gasteiger partial charge in [-0.25, -0.2) is 4.39 Å². The van der Waals surface area contributed by atoms with Crippen molar-refractivity contribution in [1.82, 2.24) is 20.0 Å². The van der Waals surface area contributed by atoms with E-state index >= 15 is 0 Å². The Kier molecular flexibility index (Phi) is 12.4. The number of halogens is 1. The van der Waals surface area contributed by atoms with Crippen molar-refractivity contribution >= 4 is 17.4 Å². The van der Waals surface area contributed by atoms with Crippen LogP contribution in [-0.4, -0.2) is 69.9 Å². The molecule has 4 rings (SSSR count). The van der Waals surface area contributed by atoms with E-state index in [2.05, 4.69) is 29.2 Å². The van der Waals surface area contributed by atoms with Crippen molar-refractivity contribution in [2.24, 2.45) is 0 Å². The molecular weight excluding hydrogens is 485 g/mol. The van der Waals surface area contributed by atoms with Gasteiger partial charge >= 0.3 is 0 Å². The van der Waals surface area contributed by atoms with E-state index in [0.717, 1.165) is 31.6 Å². The first kappa shape index (κ1) is 31.4. The molecular formula is C29H46FN5O3. The summed E-state index contributed by atoms with van der Waals surface area (Å²) < 4.78 is 15.1. The third-order valence-corrected chi connectivity index (χ3v) is 7.02. The number of ketones is 1. The highest BCUT2D eigenvalue weighted by atomic mass is 19.1. The van der Waals surface area contributed by atoms with Crippen LogP contribution in [0.25, 0.3) is 0 Å². The predicted octanol–water partition coefficient (Wildman–Crippen LogP) is 4.87. The molecule has 1 fully saturated rings. The summed E-state index contributed by atoms with van der Waals surface area (Å²) in [4.78, 5) is 27.0. The number of carbonyl (C=O) groups is 2. The fraction of sp³-hybridized carbons (Fsp3) is 0.621. The molecule has 212 valence electrons. The number of aromatic nitrogens is 2. The number of anilines is 1. The van der Waals surface area contributed by atoms with Crippen molar-refractivity contribution in [1.29, 1.82) is 0 Å². The SMILES string of the molecule is CC(=O)c1cc2n(n1)CC(C)(C)N(C)C2=O.CCCN(CCC)c1ccccc1F.OCNC1CCCC1. The summed E-state index contributed by atoms with van der Waals surface area (Å²) in [5.41, 5.74) is 1.31. The Morgan fingerprint density at radius 2 is 1.79 bits per heavy atom. The number of rotatable bonds is 8. The van der Waals surface area contributed by atoms with Crippen LogP contribution in [0.5, 0.6) is 0 Å². The van der Waals surface area contributed by atoms with Crippen molar-refractivity contribution < 1.29 is 19.1 Å². The number of nitrogens with one attached hydrogen (secondary N) is 1. The van der Waals surface area contributed by atoms with Crippen molar-refractivity contribution in [3.63, 3.8) is 0 Å². The minimum absolute atomic E-state index is 0.0868. The zero-order valence-electron chi connectivity index (χ0n) is 24.0. The highest BCUT2D eigenvalue weighted by Crippen LogP contribution is 2.25. The van der Waals surface area contributed by atoms with Crippen LogP contribution in [0.3, 0.4) is 0 Å². The molecule has 0 unspecified atom stereocenters. The third kappa shape index (κ3) is 8.63. The number of hydrogen-bond acceptors (Lipinski definition) is 6. The van der Waals surface area contributed by atoms with Crippen LogP contribution >= 0.6 is 0 Å². The van der Waals surface area contributed by atoms with Crippen LogP contribution in [0.15, 0.2) is 30.3 Å². The van der Waals surface area contributed by atoms with Gasteiger partial charge in [0.1, 0.15) is 17.2 Å². The number of Topliss-reactive ketones (excluding diaryl/α,β-unsaturated/α-hetero) is 1. The summed E-state index contributed by atoms with van der Waals surface area (Å²) >= 11 is 0. The molecule has 0 saturated heterocycles. The molecule has 2 aliphatic rings. The Balaban J connectivity index is 0.000000211. The first-order chi connectivity index (χ1) is 18.0. The maximum atomic E-state index is 13.4. The fourth-order valence-electron chi connectivity index (χ4n) is 4.66. The Morgan fingerprint density at radius 1 is 1.18 bits per heavy atom. The lowest BCUT2D eigenvalue weighted by atomic mass is 10.0. The van der Waals surface area contributed by atoms with Gasteiger partial charge in [-0.05, 0) is 51.7 Å². The summed E-state index contributed by atoms with van der Waals surface area (Å²) in [7, 11) is 1.77. The maximum Gasteiger partial charge on any atom is 0.272 e. The lowest BCUT2D eigenvalue weighted by Crippen LogP contribution is -2.52. The highest BCUT2D eigenvalue weighted by Gasteiger charge is 2.37. The van der Waals surface area contributed by atoms with Crippen LogP contribution in [0.2, 0.25) is 0 Å². The minimum atomic E-state index is -0.274. The molecule has 1 saturated carbocycles. The lowest BCUT2D eigenvalue weighted by molar-refractivity contribution is 0.0492. The summed E-state index contributed by atoms with van der Waals surface area (Å²) in [6.07, 6.45) is 7.26. The Morgan fingerprint density at radius 3 is 2.32 bits per heavy atom. The molecule has 0 atom stereocenters. The quantitative estimate of drug-likeness (QED) is 0.373. The maximum absolute atomic E-state index is 13.4. The van der Waals surface area contributed by atoms with Crippen molar-refractivity contribution in [3.8, 4) is 0 Å². The van der Waals surface area contributed by atoms with Gasteiger partial charge in [0.2, 0.25) is 0 Å². The number of benzene rings is 1. The smallest absolute Gasteiger partial charge is 0.272 e. The van der Waals surface area contributed by atoms with Gasteiger partial charge in [-0.2, -0.15) is 5.10 Å². The van der Waals surface area contributed by atoms with Crippen molar-refractivity contribution in [3.05, 3.63) is 47.5 Å². The highest BCUT2D eigenvalue weighted by molar-refractivity contribution is 5.98. The van der Waals surface area contributed by atoms with E-state index in [-0.39, 0.29) is 29.8 Å². The van der Waals surface area contributed by atoms with Crippen LogP contribution in [0, 0.1) is 5.82 Å². The van der Waals surface area contributed by atoms with Gasteiger partial charge in [0.25, 0.3) is 5.91 Å². The van der Waals surface area contributed by atoms with Gasteiger partial charge in [0.15, 0.2) is 5.78 Å². The summed E-state index contributed by atoms with van der Waals surface area (Å²) in [5.74, 6) is -0.319. The predicted molar refractivity (Wildman–Crippen MR) is 150 cm³/mol. The second-order valence-electron chi connectivity index (χ2n) is 10.6. The van der Waals surface area contributed by atoms with Gasteiger partial charge in [-0.15, -0.1) is 0 Å². The van der Waals surface area contributed by atoms with Crippen molar-refractivity contribution in [2.45, 2.75) is 91.3 Å². The number of likely N-dealkylation sites (N-methyl/N-ethyl adjacent to an activating group) is 1. The Hall–Kier alpha value is -2.78. The van der Waals surface area contributed by atoms with E-state index in [9.17, 15) is 14.0 Å². The van der Waals surface area contributed by atoms with E-state index in [1.807, 2.05) is 26.0 Å². The average Bonchev–Trinajstić information content (AvgIpc) is 3.54. The zero-order valence-corrected chi connectivity index (χ0v) is 24.0. The molecule has 0 radical (unpaired) electrons. The molecule has 0 bridgehead atoms. The second-order valence-corrected chi connectivity index (χ2v) is 10.6. The van der Waals surface area contributed by atoms with E-state index in [4.69, 9.17) is 5.11 Å². The topological polar surface area (TPSA) is 90.7 Å². The number of amides is 1. The zero-order chi connectivity index (χ0) is 28.3. The molecule has 9 heteroatoms. The minimum Gasteiger partial charge on any atom is -0.381 e. The van der Waals surface area contributed by atoms with Gasteiger partial charge in [-0.1, -0.05) is 38.8 Å². The second kappa shape index (κ2) is 15.0. The molecule has 2 N–H and O–H groups in total. The van der Waals surface area contributed by atoms with Gasteiger partial charge < -0.3 is 14.9 Å². The monoisotopic (exact) mass is 531 g/mol. The first-order valence-electron chi connectivity index (χ1n) is 13.8. The fourth-order valence-corrected chi connectivity index (χ4v) is 4.66. The largest absolute Gasteiger partial charge is 0.381 e. The standard InChI is InChI=1S/C12H18FN.C11H15N3O2.C6H13NO/c1-3-9-14(10-4-2)12-8-6-5-7-11(12)13;1-7(15)8-5-9-10(16)13(4)11(2,3)6-14(9)12-8;8-5-7-6-3-1-2-4-6/h5-8H,3-4,9-10H2,1-2H3;5H,6H2,1-4H3;6-8H,1-5H2. The van der Waals surface area contributed by atoms with Gasteiger partial charge in [0, 0.05) is 39.2 Å². The van der Waals surface area contributed by atoms with E-state index in [0.29, 0.717) is 24.0 Å². The van der Waals surface area contributed by atoms with Gasteiger partial charge in [-0.3, -0.25) is 19.6 Å². The van der Waals surface area contributed by atoms with E-state index in [1.165, 1.54) is 38.7 Å². The number of aliphatic hydroxyl groups is 1. The summed E-state index contributed by atoms with van der Waals surface area (Å²) in [5, 5.41) is 15.6. The number of carbonyl (C=O) groups excluding carboxylic acids is 2. The molecule has 2 heterocycles. The lowest BCUT2D eigenvalue weighted by Gasteiger charge is -2.39. The Labute approximate surface area is 227 Å². The molecule has 38 heavy (non-hydrogen) atoms. The number of hydrogen-bond donors (Lipinski definition) is 2. The summed E-state index contributed by atoms with van der Waals surface area (Å²) in [6.45, 7) is 12.2. The number of fused-ring (bicyclic) bond motifs is 1. The molecule has 1 aromatic carbocycles. The van der Waals surface area contributed by atoms with Crippen LogP contribution < -0.4 is 10.2 Å². The molecule has 1 aromatic heterocycles. The Bertz CT molecular complexity index is 1030. The molecule has 2 aromatic rings. The van der Waals surface area contributed by atoms with Crippen LogP contribution in [0.4, 0.5) is 10.1 Å². The van der Waals surface area contributed by atoms with E-state index < -0.39 is 0 Å². The summed E-state index contributed by atoms with van der Waals surface area (Å²) in [6, 6.07) is 9.16. The average molecular weight is 532 g/mol. The van der Waals surface area contributed by atoms with Crippen LogP contribution in [-0.2, 0) is 6.54 Å². The van der Waals surface area contributed by atoms with Gasteiger partial charge in [0.05, 0.1) is 24.5 Å². The number of aliphatic hydroxyl groups excluding tert-OH is 1. The number of para-hydroxylation sites is 1. The molecule has 1 amide bonds. The van der Waals surface area contributed by atoms with E-state index in [1.54, 1.807) is 28.8 Å². The van der Waals surface area contributed by atoms with Crippen molar-refractivity contribution in [2.75, 3.05) is 31.8 Å². The molecule has 1 aliphatic carbocycles. The number of nitrogens with zero attached hydrogens (tertiary/aromatic N) is 4. The first-order valence-corrected chi connectivity index (χ1v) is 13.8. The molecule has 0 spiro atoms. The normalized spacial score (nSPS) is 16.2. The molecule has 1 aliphatic heterocycles.